The van der Waals surface area contributed by atoms with Gasteiger partial charge >= 0.3 is 0 Å². The van der Waals surface area contributed by atoms with E-state index in [-0.39, 0.29) is 11.8 Å². The minimum Gasteiger partial charge on any atom is -0.381 e. The molecule has 1 atom stereocenters. The monoisotopic (exact) mass is 341 g/mol. The number of hydrogen-bond acceptors (Lipinski definition) is 3. The van der Waals surface area contributed by atoms with Crippen molar-refractivity contribution >= 4 is 5.91 Å². The average molecular weight is 341 g/mol. The second-order valence-corrected chi connectivity index (χ2v) is 6.51. The van der Waals surface area contributed by atoms with Crippen molar-refractivity contribution in [2.24, 2.45) is 0 Å². The van der Waals surface area contributed by atoms with Crippen molar-refractivity contribution in [1.29, 1.82) is 0 Å². The van der Waals surface area contributed by atoms with Crippen LogP contribution in [0.2, 0.25) is 0 Å². The normalized spacial score (nSPS) is 16.7. The first-order chi connectivity index (χ1) is 12.2. The lowest BCUT2D eigenvalue weighted by molar-refractivity contribution is -0.132. The van der Waals surface area contributed by atoms with Crippen molar-refractivity contribution in [1.82, 2.24) is 14.7 Å². The molecule has 0 N–H and O–H groups in total. The van der Waals surface area contributed by atoms with E-state index in [4.69, 9.17) is 4.74 Å². The molecule has 134 valence electrons. The molecule has 1 aliphatic heterocycles. The average Bonchev–Trinajstić information content (AvgIpc) is 3.08. The fraction of sp³-hybridized carbons (Fsp3) is 0.500. The van der Waals surface area contributed by atoms with Gasteiger partial charge in [0.2, 0.25) is 5.91 Å². The van der Waals surface area contributed by atoms with Crippen LogP contribution in [0, 0.1) is 0 Å². The van der Waals surface area contributed by atoms with E-state index in [1.54, 1.807) is 0 Å². The Morgan fingerprint density at radius 1 is 1.28 bits per heavy atom. The first-order valence-corrected chi connectivity index (χ1v) is 9.16. The van der Waals surface area contributed by atoms with Crippen LogP contribution >= 0.6 is 0 Å². The van der Waals surface area contributed by atoms with Gasteiger partial charge in [-0.05, 0) is 25.8 Å². The number of amides is 1. The van der Waals surface area contributed by atoms with Crippen LogP contribution in [0.5, 0.6) is 0 Å². The maximum atomic E-state index is 12.7. The quantitative estimate of drug-likeness (QED) is 0.778. The highest BCUT2D eigenvalue weighted by molar-refractivity contribution is 5.77. The highest BCUT2D eigenvalue weighted by Crippen LogP contribution is 2.28. The summed E-state index contributed by atoms with van der Waals surface area (Å²) in [6, 6.07) is 10.2. The Morgan fingerprint density at radius 2 is 2.08 bits per heavy atom. The lowest BCUT2D eigenvalue weighted by atomic mass is 9.96. The standard InChI is InChI=1S/C20H27N3O2/c1-3-23-14-17-12-22(13-18(15-25-4-2)20(17)21-23)19(24)11-10-16-8-6-5-7-9-16/h5-9,14,18H,3-4,10-13,15H2,1-2H3. The predicted molar refractivity (Wildman–Crippen MR) is 97.3 cm³/mol. The van der Waals surface area contributed by atoms with Crippen molar-refractivity contribution in [3.8, 4) is 0 Å². The third-order valence-corrected chi connectivity index (χ3v) is 4.73. The molecule has 1 amide bonds. The summed E-state index contributed by atoms with van der Waals surface area (Å²) in [5.74, 6) is 0.373. The van der Waals surface area contributed by atoms with Crippen molar-refractivity contribution in [2.75, 3.05) is 19.8 Å². The summed E-state index contributed by atoms with van der Waals surface area (Å²) in [7, 11) is 0. The summed E-state index contributed by atoms with van der Waals surface area (Å²) >= 11 is 0. The largest absolute Gasteiger partial charge is 0.381 e. The fourth-order valence-electron chi connectivity index (χ4n) is 3.36. The zero-order valence-electron chi connectivity index (χ0n) is 15.1. The SMILES string of the molecule is CCOCC1CN(C(=O)CCc2ccccc2)Cc2cn(CC)nc21. The first kappa shape index (κ1) is 17.7. The van der Waals surface area contributed by atoms with Crippen molar-refractivity contribution < 1.29 is 9.53 Å². The predicted octanol–water partition coefficient (Wildman–Crippen LogP) is 3.00. The molecule has 0 fully saturated rings. The Morgan fingerprint density at radius 3 is 2.80 bits per heavy atom. The third-order valence-electron chi connectivity index (χ3n) is 4.73. The van der Waals surface area contributed by atoms with Gasteiger partial charge < -0.3 is 9.64 Å². The van der Waals surface area contributed by atoms with Gasteiger partial charge in [0.1, 0.15) is 0 Å². The molecule has 0 aliphatic carbocycles. The number of nitrogens with zero attached hydrogens (tertiary/aromatic N) is 3. The molecule has 0 saturated carbocycles. The number of carbonyl (C=O) groups is 1. The molecule has 5 nitrogen and oxygen atoms in total. The van der Waals surface area contributed by atoms with Crippen LogP contribution in [0.3, 0.4) is 0 Å². The van der Waals surface area contributed by atoms with Gasteiger partial charge in [-0.3, -0.25) is 9.48 Å². The van der Waals surface area contributed by atoms with E-state index >= 15 is 0 Å². The molecule has 1 unspecified atom stereocenters. The molecule has 3 rings (SSSR count). The van der Waals surface area contributed by atoms with E-state index in [2.05, 4.69) is 30.4 Å². The number of hydrogen-bond donors (Lipinski definition) is 0. The second kappa shape index (κ2) is 8.30. The summed E-state index contributed by atoms with van der Waals surface area (Å²) in [5, 5.41) is 4.69. The Hall–Kier alpha value is -2.14. The Balaban J connectivity index is 1.68. The number of ether oxygens (including phenoxy) is 1. The molecule has 2 aromatic rings. The van der Waals surface area contributed by atoms with Crippen LogP contribution in [0.15, 0.2) is 36.5 Å². The van der Waals surface area contributed by atoms with Gasteiger partial charge in [-0.25, -0.2) is 0 Å². The maximum absolute atomic E-state index is 12.7. The summed E-state index contributed by atoms with van der Waals surface area (Å²) in [6.07, 6.45) is 3.40. The van der Waals surface area contributed by atoms with E-state index in [1.165, 1.54) is 5.56 Å². The molecule has 0 bridgehead atoms. The number of aromatic nitrogens is 2. The molecule has 2 heterocycles. The minimum absolute atomic E-state index is 0.164. The molecule has 1 aliphatic rings. The van der Waals surface area contributed by atoms with Gasteiger partial charge in [0, 0.05) is 50.3 Å². The van der Waals surface area contributed by atoms with E-state index in [0.29, 0.717) is 32.7 Å². The topological polar surface area (TPSA) is 47.4 Å². The van der Waals surface area contributed by atoms with E-state index in [9.17, 15) is 4.79 Å². The molecule has 1 aromatic carbocycles. The number of fused-ring (bicyclic) bond motifs is 1. The minimum atomic E-state index is 0.164. The van der Waals surface area contributed by atoms with E-state index in [0.717, 1.165) is 24.2 Å². The molecular weight excluding hydrogens is 314 g/mol. The lowest BCUT2D eigenvalue weighted by Crippen LogP contribution is -2.39. The van der Waals surface area contributed by atoms with Crippen LogP contribution in [0.4, 0.5) is 0 Å². The van der Waals surface area contributed by atoms with Gasteiger partial charge in [0.15, 0.2) is 0 Å². The summed E-state index contributed by atoms with van der Waals surface area (Å²) in [5.41, 5.74) is 3.46. The van der Waals surface area contributed by atoms with E-state index in [1.807, 2.05) is 34.7 Å². The van der Waals surface area contributed by atoms with Crippen molar-refractivity contribution in [3.63, 3.8) is 0 Å². The van der Waals surface area contributed by atoms with Crippen molar-refractivity contribution in [3.05, 3.63) is 53.3 Å². The molecule has 25 heavy (non-hydrogen) atoms. The molecule has 1 aromatic heterocycles. The Kier molecular flexibility index (Phi) is 5.87. The van der Waals surface area contributed by atoms with Crippen LogP contribution in [-0.4, -0.2) is 40.3 Å². The number of benzene rings is 1. The lowest BCUT2D eigenvalue weighted by Gasteiger charge is -2.32. The molecule has 5 heteroatoms. The maximum Gasteiger partial charge on any atom is 0.223 e. The molecule has 0 radical (unpaired) electrons. The van der Waals surface area contributed by atoms with Crippen LogP contribution < -0.4 is 0 Å². The molecule has 0 spiro atoms. The first-order valence-electron chi connectivity index (χ1n) is 9.16. The number of carbonyl (C=O) groups excluding carboxylic acids is 1. The van der Waals surface area contributed by atoms with Gasteiger partial charge in [-0.2, -0.15) is 5.10 Å². The van der Waals surface area contributed by atoms with Crippen molar-refractivity contribution in [2.45, 2.75) is 45.7 Å². The van der Waals surface area contributed by atoms with E-state index < -0.39 is 0 Å². The smallest absolute Gasteiger partial charge is 0.223 e. The third kappa shape index (κ3) is 4.28. The highest BCUT2D eigenvalue weighted by Gasteiger charge is 2.30. The van der Waals surface area contributed by atoms with Gasteiger partial charge in [0.05, 0.1) is 12.3 Å². The molecular formula is C20H27N3O2. The van der Waals surface area contributed by atoms with Gasteiger partial charge in [-0.1, -0.05) is 30.3 Å². The Labute approximate surface area is 149 Å². The van der Waals surface area contributed by atoms with Gasteiger partial charge in [-0.15, -0.1) is 0 Å². The second-order valence-electron chi connectivity index (χ2n) is 6.51. The zero-order chi connectivity index (χ0) is 17.6. The Bertz CT molecular complexity index is 696. The zero-order valence-corrected chi connectivity index (χ0v) is 15.1. The van der Waals surface area contributed by atoms with Crippen LogP contribution in [0.25, 0.3) is 0 Å². The van der Waals surface area contributed by atoms with Crippen LogP contribution in [-0.2, 0) is 29.0 Å². The van der Waals surface area contributed by atoms with Crippen LogP contribution in [0.1, 0.15) is 43.0 Å². The number of aryl methyl sites for hydroxylation is 2. The summed E-state index contributed by atoms with van der Waals surface area (Å²) < 4.78 is 7.60. The number of rotatable bonds is 7. The summed E-state index contributed by atoms with van der Waals surface area (Å²) in [6.45, 7) is 7.58. The van der Waals surface area contributed by atoms with Gasteiger partial charge in [0.25, 0.3) is 0 Å². The fourth-order valence-corrected chi connectivity index (χ4v) is 3.36. The summed E-state index contributed by atoms with van der Waals surface area (Å²) in [4.78, 5) is 14.7. The molecule has 0 saturated heterocycles. The highest BCUT2D eigenvalue weighted by atomic mass is 16.5.